The lowest BCUT2D eigenvalue weighted by Gasteiger charge is -2.12. The Balaban J connectivity index is 1.39. The molecule has 4 aromatic rings. The first-order valence-corrected chi connectivity index (χ1v) is 12.0. The zero-order valence-electron chi connectivity index (χ0n) is 17.3. The van der Waals surface area contributed by atoms with Gasteiger partial charge in [-0.1, -0.05) is 0 Å². The Morgan fingerprint density at radius 2 is 1.78 bits per heavy atom. The molecule has 0 aliphatic carbocycles. The lowest BCUT2D eigenvalue weighted by molar-refractivity contribution is 0.343. The largest absolute Gasteiger partial charge is 0.493 e. The van der Waals surface area contributed by atoms with Gasteiger partial charge in [-0.2, -0.15) is 5.10 Å². The van der Waals surface area contributed by atoms with Crippen LogP contribution < -0.4 is 4.74 Å². The standard InChI is InChI=1S/C21H20FN5O3S2/c1-26(2)32(28,29)18-9-7-17(8-10-18)30-11-12-31-21-19-13-25-27(20(19)23-14-24-21)16-5-3-15(22)4-6-16/h3-10,13-14H,11-12H2,1-2H3. The highest BCUT2D eigenvalue weighted by Crippen LogP contribution is 2.26. The van der Waals surface area contributed by atoms with E-state index in [1.165, 1.54) is 60.8 Å². The summed E-state index contributed by atoms with van der Waals surface area (Å²) in [6.07, 6.45) is 3.16. The van der Waals surface area contributed by atoms with Crippen molar-refractivity contribution in [2.24, 2.45) is 0 Å². The van der Waals surface area contributed by atoms with Crippen molar-refractivity contribution in [2.75, 3.05) is 26.5 Å². The number of hydrogen-bond donors (Lipinski definition) is 0. The highest BCUT2D eigenvalue weighted by atomic mass is 32.2. The Kier molecular flexibility index (Phi) is 6.40. The van der Waals surface area contributed by atoms with Crippen LogP contribution in [0.3, 0.4) is 0 Å². The molecule has 0 aliphatic rings. The van der Waals surface area contributed by atoms with Crippen LogP contribution in [0.15, 0.2) is 71.0 Å². The molecule has 0 bridgehead atoms. The fourth-order valence-electron chi connectivity index (χ4n) is 2.93. The van der Waals surface area contributed by atoms with Crippen LogP contribution in [0.1, 0.15) is 0 Å². The topological polar surface area (TPSA) is 90.2 Å². The van der Waals surface area contributed by atoms with Gasteiger partial charge in [0, 0.05) is 19.8 Å². The average Bonchev–Trinajstić information content (AvgIpc) is 3.22. The minimum atomic E-state index is -3.46. The molecule has 0 atom stereocenters. The summed E-state index contributed by atoms with van der Waals surface area (Å²) < 4.78 is 46.0. The van der Waals surface area contributed by atoms with E-state index in [0.29, 0.717) is 29.4 Å². The predicted molar refractivity (Wildman–Crippen MR) is 120 cm³/mol. The van der Waals surface area contributed by atoms with E-state index in [0.717, 1.165) is 10.4 Å². The van der Waals surface area contributed by atoms with Crippen molar-refractivity contribution in [1.29, 1.82) is 0 Å². The van der Waals surface area contributed by atoms with Crippen molar-refractivity contribution in [3.05, 3.63) is 66.9 Å². The van der Waals surface area contributed by atoms with Crippen LogP contribution in [0, 0.1) is 5.82 Å². The van der Waals surface area contributed by atoms with Crippen molar-refractivity contribution in [3.63, 3.8) is 0 Å². The first-order valence-electron chi connectivity index (χ1n) is 9.59. The summed E-state index contributed by atoms with van der Waals surface area (Å²) in [5, 5.41) is 5.92. The van der Waals surface area contributed by atoms with E-state index < -0.39 is 10.0 Å². The molecule has 11 heteroatoms. The number of sulfonamides is 1. The third-order valence-electron chi connectivity index (χ3n) is 4.59. The molecule has 2 aromatic carbocycles. The summed E-state index contributed by atoms with van der Waals surface area (Å²) in [5.74, 6) is 0.885. The van der Waals surface area contributed by atoms with Gasteiger partial charge in [-0.3, -0.25) is 0 Å². The van der Waals surface area contributed by atoms with Crippen LogP contribution in [0.4, 0.5) is 4.39 Å². The van der Waals surface area contributed by atoms with E-state index in [1.54, 1.807) is 35.1 Å². The fraction of sp³-hybridized carbons (Fsp3) is 0.190. The molecule has 0 aliphatic heterocycles. The smallest absolute Gasteiger partial charge is 0.242 e. The highest BCUT2D eigenvalue weighted by Gasteiger charge is 2.16. The lowest BCUT2D eigenvalue weighted by Crippen LogP contribution is -2.22. The number of thioether (sulfide) groups is 1. The minimum absolute atomic E-state index is 0.214. The molecule has 166 valence electrons. The average molecular weight is 474 g/mol. The molecule has 0 N–H and O–H groups in total. The molecule has 0 saturated heterocycles. The van der Waals surface area contributed by atoms with E-state index in [9.17, 15) is 12.8 Å². The van der Waals surface area contributed by atoms with Gasteiger partial charge in [0.05, 0.1) is 28.8 Å². The molecule has 0 radical (unpaired) electrons. The van der Waals surface area contributed by atoms with Gasteiger partial charge in [0.1, 0.15) is 22.9 Å². The Morgan fingerprint density at radius 1 is 1.06 bits per heavy atom. The van der Waals surface area contributed by atoms with Crippen LogP contribution in [0.2, 0.25) is 0 Å². The van der Waals surface area contributed by atoms with Crippen LogP contribution >= 0.6 is 11.8 Å². The van der Waals surface area contributed by atoms with E-state index in [2.05, 4.69) is 15.1 Å². The molecule has 0 fully saturated rings. The third kappa shape index (κ3) is 4.59. The quantitative estimate of drug-likeness (QED) is 0.220. The van der Waals surface area contributed by atoms with Gasteiger partial charge in [0.15, 0.2) is 5.65 Å². The summed E-state index contributed by atoms with van der Waals surface area (Å²) in [5.41, 5.74) is 1.34. The Bertz CT molecular complexity index is 1320. The number of benzene rings is 2. The van der Waals surface area contributed by atoms with E-state index in [4.69, 9.17) is 4.74 Å². The molecule has 8 nitrogen and oxygen atoms in total. The summed E-state index contributed by atoms with van der Waals surface area (Å²) in [6, 6.07) is 12.3. The summed E-state index contributed by atoms with van der Waals surface area (Å²) in [6.45, 7) is 0.405. The molecule has 32 heavy (non-hydrogen) atoms. The molecule has 2 aromatic heterocycles. The van der Waals surface area contributed by atoms with Crippen molar-refractivity contribution in [2.45, 2.75) is 9.92 Å². The number of halogens is 1. The van der Waals surface area contributed by atoms with Gasteiger partial charge in [-0.25, -0.2) is 31.8 Å². The SMILES string of the molecule is CN(C)S(=O)(=O)c1ccc(OCCSc2ncnc3c2cnn3-c2ccc(F)cc2)cc1. The lowest BCUT2D eigenvalue weighted by atomic mass is 10.3. The van der Waals surface area contributed by atoms with E-state index in [1.807, 2.05) is 0 Å². The second-order valence-corrected chi connectivity index (χ2v) is 10.1. The Hall–Kier alpha value is -3.02. The zero-order chi connectivity index (χ0) is 22.7. The molecule has 0 saturated carbocycles. The number of aromatic nitrogens is 4. The van der Waals surface area contributed by atoms with Gasteiger partial charge in [0.25, 0.3) is 0 Å². The number of ether oxygens (including phenoxy) is 1. The summed E-state index contributed by atoms with van der Waals surface area (Å²) >= 11 is 1.50. The van der Waals surface area contributed by atoms with Crippen molar-refractivity contribution >= 4 is 32.8 Å². The summed E-state index contributed by atoms with van der Waals surface area (Å²) in [7, 11) is -0.482. The fourth-order valence-corrected chi connectivity index (χ4v) is 4.61. The molecular formula is C21H20FN5O3S2. The molecule has 2 heterocycles. The number of rotatable bonds is 8. The monoisotopic (exact) mass is 473 g/mol. The molecular weight excluding hydrogens is 453 g/mol. The molecule has 0 unspecified atom stereocenters. The Labute approximate surface area is 189 Å². The minimum Gasteiger partial charge on any atom is -0.493 e. The van der Waals surface area contributed by atoms with Gasteiger partial charge >= 0.3 is 0 Å². The maximum atomic E-state index is 13.2. The first-order chi connectivity index (χ1) is 15.4. The van der Waals surface area contributed by atoms with E-state index in [-0.39, 0.29) is 10.7 Å². The van der Waals surface area contributed by atoms with Gasteiger partial charge in [-0.15, -0.1) is 11.8 Å². The van der Waals surface area contributed by atoms with Crippen molar-refractivity contribution < 1.29 is 17.5 Å². The maximum absolute atomic E-state index is 13.2. The molecule has 4 rings (SSSR count). The van der Waals surface area contributed by atoms with Crippen LogP contribution in [-0.2, 0) is 10.0 Å². The van der Waals surface area contributed by atoms with Crippen molar-refractivity contribution in [3.8, 4) is 11.4 Å². The molecule has 0 spiro atoms. The second-order valence-electron chi connectivity index (χ2n) is 6.90. The zero-order valence-corrected chi connectivity index (χ0v) is 19.0. The third-order valence-corrected chi connectivity index (χ3v) is 7.39. The molecule has 0 amide bonds. The van der Waals surface area contributed by atoms with Crippen LogP contribution in [0.5, 0.6) is 5.75 Å². The summed E-state index contributed by atoms with van der Waals surface area (Å²) in [4.78, 5) is 8.87. The highest BCUT2D eigenvalue weighted by molar-refractivity contribution is 7.99. The normalized spacial score (nSPS) is 11.9. The first kappa shape index (κ1) is 22.2. The van der Waals surface area contributed by atoms with Gasteiger partial charge in [-0.05, 0) is 48.5 Å². The van der Waals surface area contributed by atoms with Gasteiger partial charge < -0.3 is 4.74 Å². The maximum Gasteiger partial charge on any atom is 0.242 e. The van der Waals surface area contributed by atoms with Crippen LogP contribution in [-0.4, -0.2) is 58.9 Å². The number of hydrogen-bond acceptors (Lipinski definition) is 7. The van der Waals surface area contributed by atoms with Crippen LogP contribution in [0.25, 0.3) is 16.7 Å². The predicted octanol–water partition coefficient (Wildman–Crippen LogP) is 3.38. The second kappa shape index (κ2) is 9.23. The van der Waals surface area contributed by atoms with E-state index >= 15 is 0 Å². The number of nitrogens with zero attached hydrogens (tertiary/aromatic N) is 5. The van der Waals surface area contributed by atoms with Crippen molar-refractivity contribution in [1.82, 2.24) is 24.1 Å². The Morgan fingerprint density at radius 3 is 2.47 bits per heavy atom. The van der Waals surface area contributed by atoms with Gasteiger partial charge in [0.2, 0.25) is 10.0 Å². The number of fused-ring (bicyclic) bond motifs is 1.